The van der Waals surface area contributed by atoms with E-state index in [2.05, 4.69) is 29.5 Å². The summed E-state index contributed by atoms with van der Waals surface area (Å²) in [5, 5.41) is 6.53. The first kappa shape index (κ1) is 12.8. The van der Waals surface area contributed by atoms with Crippen molar-refractivity contribution in [3.8, 4) is 0 Å². The SMILES string of the molecule is CC1CC(NC(=O)[C@H]2CCCNC2)CCN1C. The zero-order valence-electron chi connectivity index (χ0n) is 11.0. The maximum atomic E-state index is 12.1. The molecule has 3 atom stereocenters. The molecular formula is C13H25N3O. The van der Waals surface area contributed by atoms with Gasteiger partial charge in [0.15, 0.2) is 0 Å². The number of piperidine rings is 2. The summed E-state index contributed by atoms with van der Waals surface area (Å²) >= 11 is 0. The molecule has 0 aliphatic carbocycles. The minimum atomic E-state index is 0.193. The van der Waals surface area contributed by atoms with Crippen LogP contribution in [0.25, 0.3) is 0 Å². The quantitative estimate of drug-likeness (QED) is 0.741. The highest BCUT2D eigenvalue weighted by Crippen LogP contribution is 2.17. The van der Waals surface area contributed by atoms with Gasteiger partial charge in [-0.2, -0.15) is 0 Å². The second-order valence-electron chi connectivity index (χ2n) is 5.60. The molecule has 17 heavy (non-hydrogen) atoms. The maximum Gasteiger partial charge on any atom is 0.224 e. The van der Waals surface area contributed by atoms with Gasteiger partial charge in [0.25, 0.3) is 0 Å². The van der Waals surface area contributed by atoms with Gasteiger partial charge in [-0.15, -0.1) is 0 Å². The minimum Gasteiger partial charge on any atom is -0.353 e. The summed E-state index contributed by atoms with van der Waals surface area (Å²) in [6.45, 7) is 5.25. The fraction of sp³-hybridized carbons (Fsp3) is 0.923. The normalized spacial score (nSPS) is 35.5. The summed E-state index contributed by atoms with van der Waals surface area (Å²) in [5.74, 6) is 0.456. The molecule has 98 valence electrons. The highest BCUT2D eigenvalue weighted by atomic mass is 16.2. The molecule has 2 aliphatic heterocycles. The monoisotopic (exact) mass is 239 g/mol. The number of nitrogens with zero attached hydrogens (tertiary/aromatic N) is 1. The Morgan fingerprint density at radius 3 is 2.88 bits per heavy atom. The third-order valence-electron chi connectivity index (χ3n) is 4.22. The van der Waals surface area contributed by atoms with Crippen molar-refractivity contribution in [3.63, 3.8) is 0 Å². The topological polar surface area (TPSA) is 44.4 Å². The van der Waals surface area contributed by atoms with Crippen LogP contribution in [0.3, 0.4) is 0 Å². The molecule has 0 spiro atoms. The second kappa shape index (κ2) is 5.83. The van der Waals surface area contributed by atoms with Crippen LogP contribution in [0.4, 0.5) is 0 Å². The van der Waals surface area contributed by atoms with Crippen LogP contribution in [0.2, 0.25) is 0 Å². The van der Waals surface area contributed by atoms with Crippen molar-refractivity contribution >= 4 is 5.91 Å². The van der Waals surface area contributed by atoms with Crippen molar-refractivity contribution in [2.75, 3.05) is 26.7 Å². The minimum absolute atomic E-state index is 0.193. The zero-order chi connectivity index (χ0) is 12.3. The van der Waals surface area contributed by atoms with Crippen LogP contribution < -0.4 is 10.6 Å². The number of amides is 1. The van der Waals surface area contributed by atoms with Gasteiger partial charge in [0.2, 0.25) is 5.91 Å². The number of rotatable bonds is 2. The lowest BCUT2D eigenvalue weighted by Gasteiger charge is -2.36. The molecule has 2 N–H and O–H groups in total. The lowest BCUT2D eigenvalue weighted by atomic mass is 9.95. The summed E-state index contributed by atoms with van der Waals surface area (Å²) < 4.78 is 0. The molecule has 0 bridgehead atoms. The Hall–Kier alpha value is -0.610. The highest BCUT2D eigenvalue weighted by Gasteiger charge is 2.27. The van der Waals surface area contributed by atoms with E-state index < -0.39 is 0 Å². The van der Waals surface area contributed by atoms with Gasteiger partial charge in [-0.05, 0) is 46.2 Å². The number of hydrogen-bond acceptors (Lipinski definition) is 3. The maximum absolute atomic E-state index is 12.1. The molecule has 2 fully saturated rings. The van der Waals surface area contributed by atoms with E-state index in [0.717, 1.165) is 45.3 Å². The van der Waals surface area contributed by atoms with Gasteiger partial charge in [-0.25, -0.2) is 0 Å². The molecule has 2 heterocycles. The molecule has 4 heteroatoms. The van der Waals surface area contributed by atoms with Crippen molar-refractivity contribution < 1.29 is 4.79 Å². The predicted molar refractivity (Wildman–Crippen MR) is 68.9 cm³/mol. The van der Waals surface area contributed by atoms with Crippen LogP contribution in [0.1, 0.15) is 32.6 Å². The molecule has 2 aliphatic rings. The van der Waals surface area contributed by atoms with Crippen LogP contribution in [-0.4, -0.2) is 49.6 Å². The average Bonchev–Trinajstić information content (AvgIpc) is 2.35. The van der Waals surface area contributed by atoms with Crippen LogP contribution >= 0.6 is 0 Å². The van der Waals surface area contributed by atoms with Gasteiger partial charge in [0.05, 0.1) is 5.92 Å². The van der Waals surface area contributed by atoms with Gasteiger partial charge in [0.1, 0.15) is 0 Å². The largest absolute Gasteiger partial charge is 0.353 e. The molecular weight excluding hydrogens is 214 g/mol. The van der Waals surface area contributed by atoms with Gasteiger partial charge >= 0.3 is 0 Å². The van der Waals surface area contributed by atoms with Crippen LogP contribution in [0.15, 0.2) is 0 Å². The molecule has 0 aromatic heterocycles. The molecule has 4 nitrogen and oxygen atoms in total. The van der Waals surface area contributed by atoms with Crippen LogP contribution in [-0.2, 0) is 4.79 Å². The Kier molecular flexibility index (Phi) is 4.40. The number of likely N-dealkylation sites (tertiary alicyclic amines) is 1. The third kappa shape index (κ3) is 3.42. The van der Waals surface area contributed by atoms with E-state index in [4.69, 9.17) is 0 Å². The van der Waals surface area contributed by atoms with Crippen molar-refractivity contribution in [1.29, 1.82) is 0 Å². The summed E-state index contributed by atoms with van der Waals surface area (Å²) in [6, 6.07) is 0.967. The molecule has 0 saturated carbocycles. The molecule has 0 radical (unpaired) electrons. The lowest BCUT2D eigenvalue weighted by molar-refractivity contribution is -0.126. The van der Waals surface area contributed by atoms with E-state index in [1.807, 2.05) is 0 Å². The summed E-state index contributed by atoms with van der Waals surface area (Å²) in [6.07, 6.45) is 4.35. The van der Waals surface area contributed by atoms with Crippen molar-refractivity contribution in [3.05, 3.63) is 0 Å². The number of hydrogen-bond donors (Lipinski definition) is 2. The first-order chi connectivity index (χ1) is 8.16. The lowest BCUT2D eigenvalue weighted by Crippen LogP contribution is -2.50. The molecule has 2 rings (SSSR count). The van der Waals surface area contributed by atoms with Gasteiger partial charge in [-0.1, -0.05) is 0 Å². The van der Waals surface area contributed by atoms with Gasteiger partial charge in [0, 0.05) is 25.2 Å². The summed E-state index contributed by atoms with van der Waals surface area (Å²) in [5.41, 5.74) is 0. The number of nitrogens with one attached hydrogen (secondary N) is 2. The summed E-state index contributed by atoms with van der Waals surface area (Å²) in [7, 11) is 2.16. The average molecular weight is 239 g/mol. The van der Waals surface area contributed by atoms with Crippen molar-refractivity contribution in [1.82, 2.24) is 15.5 Å². The van der Waals surface area contributed by atoms with Crippen LogP contribution in [0, 0.1) is 5.92 Å². The van der Waals surface area contributed by atoms with E-state index in [1.54, 1.807) is 0 Å². The molecule has 1 amide bonds. The smallest absolute Gasteiger partial charge is 0.224 e. The van der Waals surface area contributed by atoms with E-state index in [1.165, 1.54) is 0 Å². The zero-order valence-corrected chi connectivity index (χ0v) is 11.0. The Morgan fingerprint density at radius 2 is 2.24 bits per heavy atom. The Bertz CT molecular complexity index is 263. The molecule has 0 aromatic rings. The van der Waals surface area contributed by atoms with Crippen molar-refractivity contribution in [2.24, 2.45) is 5.92 Å². The van der Waals surface area contributed by atoms with Crippen LogP contribution in [0.5, 0.6) is 0 Å². The Balaban J connectivity index is 1.78. The Labute approximate surface area is 104 Å². The molecule has 2 unspecified atom stereocenters. The standard InChI is InChI=1S/C13H25N3O/c1-10-8-12(5-7-16(10)2)15-13(17)11-4-3-6-14-9-11/h10-12,14H,3-9H2,1-2H3,(H,15,17)/t10?,11-,12?/m0/s1. The van der Waals surface area contributed by atoms with E-state index in [9.17, 15) is 4.79 Å². The van der Waals surface area contributed by atoms with E-state index in [0.29, 0.717) is 12.1 Å². The van der Waals surface area contributed by atoms with Gasteiger partial charge < -0.3 is 15.5 Å². The van der Waals surface area contributed by atoms with Crippen molar-refractivity contribution in [2.45, 2.75) is 44.7 Å². The second-order valence-corrected chi connectivity index (χ2v) is 5.60. The predicted octanol–water partition coefficient (Wildman–Crippen LogP) is 0.585. The third-order valence-corrected chi connectivity index (χ3v) is 4.22. The highest BCUT2D eigenvalue weighted by molar-refractivity contribution is 5.79. The molecule has 2 saturated heterocycles. The van der Waals surface area contributed by atoms with E-state index >= 15 is 0 Å². The van der Waals surface area contributed by atoms with Gasteiger partial charge in [-0.3, -0.25) is 4.79 Å². The first-order valence-electron chi connectivity index (χ1n) is 6.88. The fourth-order valence-electron chi connectivity index (χ4n) is 2.82. The fourth-order valence-corrected chi connectivity index (χ4v) is 2.82. The number of carbonyl (C=O) groups excluding carboxylic acids is 1. The summed E-state index contributed by atoms with van der Waals surface area (Å²) in [4.78, 5) is 14.5. The Morgan fingerprint density at radius 1 is 1.41 bits per heavy atom. The van der Waals surface area contributed by atoms with E-state index in [-0.39, 0.29) is 11.8 Å². The number of carbonyl (C=O) groups is 1. The first-order valence-corrected chi connectivity index (χ1v) is 6.88. The molecule has 0 aromatic carbocycles.